The number of benzene rings is 1. The van der Waals surface area contributed by atoms with Gasteiger partial charge in [-0.15, -0.1) is 0 Å². The van der Waals surface area contributed by atoms with Gasteiger partial charge in [0.15, 0.2) is 4.67 Å². The SMILES string of the molecule is CCN(CC)S(=O)(=O)c1cccc(NC(=O)/C=C/c2ccc(Br)o2)c1. The molecule has 1 amide bonds. The largest absolute Gasteiger partial charge is 0.450 e. The van der Waals surface area contributed by atoms with E-state index >= 15 is 0 Å². The Bertz CT molecular complexity index is 870. The van der Waals surface area contributed by atoms with Crippen molar-refractivity contribution in [3.05, 3.63) is 52.9 Å². The fourth-order valence-corrected chi connectivity index (χ4v) is 4.03. The summed E-state index contributed by atoms with van der Waals surface area (Å²) in [5.41, 5.74) is 0.406. The second kappa shape index (κ2) is 8.46. The first-order valence-electron chi connectivity index (χ1n) is 7.71. The van der Waals surface area contributed by atoms with E-state index in [1.165, 1.54) is 28.6 Å². The first kappa shape index (κ1) is 19.4. The van der Waals surface area contributed by atoms with Crippen LogP contribution in [0.15, 0.2) is 56.5 Å². The van der Waals surface area contributed by atoms with Crippen molar-refractivity contribution < 1.29 is 17.6 Å². The van der Waals surface area contributed by atoms with Gasteiger partial charge in [0.05, 0.1) is 4.90 Å². The minimum atomic E-state index is -3.57. The number of carbonyl (C=O) groups excluding carboxylic acids is 1. The lowest BCUT2D eigenvalue weighted by Crippen LogP contribution is -2.30. The lowest BCUT2D eigenvalue weighted by Gasteiger charge is -2.18. The molecule has 0 bridgehead atoms. The highest BCUT2D eigenvalue weighted by Crippen LogP contribution is 2.20. The van der Waals surface area contributed by atoms with Crippen LogP contribution in [0.1, 0.15) is 19.6 Å². The number of rotatable bonds is 7. The van der Waals surface area contributed by atoms with Gasteiger partial charge in [0, 0.05) is 24.9 Å². The maximum Gasteiger partial charge on any atom is 0.248 e. The topological polar surface area (TPSA) is 79.6 Å². The van der Waals surface area contributed by atoms with Crippen molar-refractivity contribution >= 4 is 43.6 Å². The van der Waals surface area contributed by atoms with Crippen LogP contribution in [0.4, 0.5) is 5.69 Å². The highest BCUT2D eigenvalue weighted by molar-refractivity contribution is 9.10. The summed E-state index contributed by atoms with van der Waals surface area (Å²) in [5.74, 6) is 0.143. The lowest BCUT2D eigenvalue weighted by atomic mass is 10.3. The van der Waals surface area contributed by atoms with Gasteiger partial charge in [0.1, 0.15) is 5.76 Å². The van der Waals surface area contributed by atoms with Crippen molar-refractivity contribution in [2.45, 2.75) is 18.7 Å². The summed E-state index contributed by atoms with van der Waals surface area (Å²) in [6, 6.07) is 9.63. The number of furan rings is 1. The zero-order chi connectivity index (χ0) is 18.4. The molecule has 0 aliphatic heterocycles. The minimum Gasteiger partial charge on any atom is -0.450 e. The summed E-state index contributed by atoms with van der Waals surface area (Å²) in [6.07, 6.45) is 2.84. The highest BCUT2D eigenvalue weighted by atomic mass is 79.9. The van der Waals surface area contributed by atoms with Gasteiger partial charge >= 0.3 is 0 Å². The molecule has 1 heterocycles. The molecule has 134 valence electrons. The zero-order valence-corrected chi connectivity index (χ0v) is 16.3. The molecular weight excluding hydrogens is 408 g/mol. The van der Waals surface area contributed by atoms with E-state index in [2.05, 4.69) is 21.2 Å². The molecule has 8 heteroatoms. The number of halogens is 1. The molecule has 1 aromatic heterocycles. The van der Waals surface area contributed by atoms with E-state index < -0.39 is 10.0 Å². The molecule has 0 spiro atoms. The molecular formula is C17H19BrN2O4S. The average molecular weight is 427 g/mol. The van der Waals surface area contributed by atoms with Crippen LogP contribution in [0.25, 0.3) is 6.08 Å². The minimum absolute atomic E-state index is 0.146. The molecule has 0 atom stereocenters. The van der Waals surface area contributed by atoms with Crippen molar-refractivity contribution in [1.29, 1.82) is 0 Å². The Hall–Kier alpha value is -1.90. The van der Waals surface area contributed by atoms with Crippen molar-refractivity contribution in [3.63, 3.8) is 0 Å². The van der Waals surface area contributed by atoms with Gasteiger partial charge in [0.2, 0.25) is 15.9 Å². The van der Waals surface area contributed by atoms with E-state index in [4.69, 9.17) is 4.42 Å². The molecule has 0 aliphatic rings. The first-order chi connectivity index (χ1) is 11.9. The summed E-state index contributed by atoms with van der Waals surface area (Å²) in [6.45, 7) is 4.34. The van der Waals surface area contributed by atoms with E-state index in [1.54, 1.807) is 38.1 Å². The van der Waals surface area contributed by atoms with Gasteiger partial charge < -0.3 is 9.73 Å². The number of anilines is 1. The maximum atomic E-state index is 12.5. The number of hydrogen-bond acceptors (Lipinski definition) is 4. The summed E-state index contributed by atoms with van der Waals surface area (Å²) in [4.78, 5) is 12.1. The Morgan fingerprint density at radius 3 is 2.56 bits per heavy atom. The van der Waals surface area contributed by atoms with Gasteiger partial charge in [-0.3, -0.25) is 4.79 Å². The van der Waals surface area contributed by atoms with Crippen LogP contribution >= 0.6 is 15.9 Å². The van der Waals surface area contributed by atoms with Crippen LogP contribution in [0.2, 0.25) is 0 Å². The summed E-state index contributed by atoms with van der Waals surface area (Å²) < 4.78 is 32.3. The van der Waals surface area contributed by atoms with Crippen molar-refractivity contribution in [1.82, 2.24) is 4.31 Å². The molecule has 0 radical (unpaired) electrons. The van der Waals surface area contributed by atoms with E-state index in [0.29, 0.717) is 29.2 Å². The van der Waals surface area contributed by atoms with Crippen LogP contribution in [0.5, 0.6) is 0 Å². The second-order valence-electron chi connectivity index (χ2n) is 5.08. The van der Waals surface area contributed by atoms with Crippen LogP contribution in [-0.4, -0.2) is 31.7 Å². The van der Waals surface area contributed by atoms with Crippen LogP contribution in [0.3, 0.4) is 0 Å². The van der Waals surface area contributed by atoms with Crippen LogP contribution in [0, 0.1) is 0 Å². The maximum absolute atomic E-state index is 12.5. The smallest absolute Gasteiger partial charge is 0.248 e. The van der Waals surface area contributed by atoms with Gasteiger partial charge in [-0.2, -0.15) is 4.31 Å². The van der Waals surface area contributed by atoms with Crippen molar-refractivity contribution in [3.8, 4) is 0 Å². The standard InChI is InChI=1S/C17H19BrN2O4S/c1-3-20(4-2)25(22,23)15-7-5-6-13(12-15)19-17(21)11-9-14-8-10-16(18)24-14/h5-12H,3-4H2,1-2H3,(H,19,21)/b11-9+. The third-order valence-electron chi connectivity index (χ3n) is 3.44. The number of amides is 1. The van der Waals surface area contributed by atoms with E-state index in [-0.39, 0.29) is 10.8 Å². The highest BCUT2D eigenvalue weighted by Gasteiger charge is 2.21. The Morgan fingerprint density at radius 2 is 1.96 bits per heavy atom. The van der Waals surface area contributed by atoms with Gasteiger partial charge in [-0.05, 0) is 52.3 Å². The summed E-state index contributed by atoms with van der Waals surface area (Å²) in [5, 5.41) is 2.64. The zero-order valence-electron chi connectivity index (χ0n) is 13.9. The lowest BCUT2D eigenvalue weighted by molar-refractivity contribution is -0.111. The molecule has 0 saturated carbocycles. The van der Waals surface area contributed by atoms with Gasteiger partial charge in [-0.1, -0.05) is 19.9 Å². The fraction of sp³-hybridized carbons (Fsp3) is 0.235. The van der Waals surface area contributed by atoms with E-state index in [0.717, 1.165) is 0 Å². The fourth-order valence-electron chi connectivity index (χ4n) is 2.21. The Balaban J connectivity index is 2.13. The normalized spacial score (nSPS) is 12.0. The monoisotopic (exact) mass is 426 g/mol. The molecule has 0 saturated heterocycles. The molecule has 0 aliphatic carbocycles. The number of nitrogens with zero attached hydrogens (tertiary/aromatic N) is 1. The van der Waals surface area contributed by atoms with Crippen molar-refractivity contribution in [2.24, 2.45) is 0 Å². The molecule has 1 aromatic carbocycles. The third-order valence-corrected chi connectivity index (χ3v) is 5.91. The van der Waals surface area contributed by atoms with Crippen LogP contribution in [-0.2, 0) is 14.8 Å². The summed E-state index contributed by atoms with van der Waals surface area (Å²) >= 11 is 3.18. The molecule has 2 aromatic rings. The van der Waals surface area contributed by atoms with Gasteiger partial charge in [-0.25, -0.2) is 8.42 Å². The molecule has 1 N–H and O–H groups in total. The number of hydrogen-bond donors (Lipinski definition) is 1. The van der Waals surface area contributed by atoms with Crippen molar-refractivity contribution in [2.75, 3.05) is 18.4 Å². The molecule has 25 heavy (non-hydrogen) atoms. The molecule has 0 fully saturated rings. The summed E-state index contributed by atoms with van der Waals surface area (Å²) in [7, 11) is -3.57. The Labute approximate surface area is 155 Å². The third kappa shape index (κ3) is 5.04. The second-order valence-corrected chi connectivity index (χ2v) is 7.80. The Morgan fingerprint density at radius 1 is 1.24 bits per heavy atom. The number of sulfonamides is 1. The molecule has 0 unspecified atom stereocenters. The predicted molar refractivity (Wildman–Crippen MR) is 101 cm³/mol. The van der Waals surface area contributed by atoms with E-state index in [1.807, 2.05) is 0 Å². The van der Waals surface area contributed by atoms with E-state index in [9.17, 15) is 13.2 Å². The number of nitrogens with one attached hydrogen (secondary N) is 1. The Kier molecular flexibility index (Phi) is 6.57. The molecule has 2 rings (SSSR count). The number of carbonyl (C=O) groups is 1. The van der Waals surface area contributed by atoms with Gasteiger partial charge in [0.25, 0.3) is 0 Å². The quantitative estimate of drug-likeness (QED) is 0.683. The first-order valence-corrected chi connectivity index (χ1v) is 9.94. The molecule has 6 nitrogen and oxygen atoms in total. The predicted octanol–water partition coefficient (Wildman–Crippen LogP) is 3.72. The average Bonchev–Trinajstić information content (AvgIpc) is 2.99. The van der Waals surface area contributed by atoms with Crippen LogP contribution < -0.4 is 5.32 Å².